The van der Waals surface area contributed by atoms with E-state index in [0.717, 1.165) is 12.8 Å². The van der Waals surface area contributed by atoms with E-state index in [1.165, 1.54) is 18.2 Å². The maximum atomic E-state index is 13.2. The summed E-state index contributed by atoms with van der Waals surface area (Å²) >= 11 is 0. The van der Waals surface area contributed by atoms with Gasteiger partial charge in [0, 0.05) is 17.6 Å². The number of halogens is 1. The lowest BCUT2D eigenvalue weighted by atomic mass is 9.99. The molecule has 1 rings (SSSR count). The average Bonchev–Trinajstić information content (AvgIpc) is 2.31. The maximum Gasteiger partial charge on any atom is 0.123 e. The number of hydrogen-bond acceptors (Lipinski definition) is 2. The number of benzene rings is 1. The standard InChI is InChI=1S/C15H24FNO/c1-5-10(2)8-11(3)17-12(4)14-9-13(16)6-7-15(14)18/h6-7,9-12,17-18H,5,8H2,1-4H3. The van der Waals surface area contributed by atoms with Crippen molar-refractivity contribution in [2.45, 2.75) is 52.6 Å². The molecule has 1 aromatic carbocycles. The Morgan fingerprint density at radius 2 is 1.94 bits per heavy atom. The molecule has 3 atom stereocenters. The van der Waals surface area contributed by atoms with Gasteiger partial charge in [-0.1, -0.05) is 20.3 Å². The Bertz CT molecular complexity index is 381. The predicted octanol–water partition coefficient (Wildman–Crippen LogP) is 4.01. The van der Waals surface area contributed by atoms with Gasteiger partial charge in [0.05, 0.1) is 0 Å². The highest BCUT2D eigenvalue weighted by molar-refractivity contribution is 5.34. The number of nitrogens with one attached hydrogen (secondary N) is 1. The third-order valence-corrected chi connectivity index (χ3v) is 3.44. The third-order valence-electron chi connectivity index (χ3n) is 3.44. The van der Waals surface area contributed by atoms with Crippen LogP contribution in [0.3, 0.4) is 0 Å². The van der Waals surface area contributed by atoms with Gasteiger partial charge in [0.2, 0.25) is 0 Å². The predicted molar refractivity (Wildman–Crippen MR) is 73.1 cm³/mol. The zero-order valence-corrected chi connectivity index (χ0v) is 11.7. The van der Waals surface area contributed by atoms with Gasteiger partial charge in [-0.3, -0.25) is 0 Å². The van der Waals surface area contributed by atoms with E-state index < -0.39 is 0 Å². The Labute approximate surface area is 109 Å². The van der Waals surface area contributed by atoms with E-state index in [9.17, 15) is 9.50 Å². The quantitative estimate of drug-likeness (QED) is 0.803. The SMILES string of the molecule is CCC(C)CC(C)NC(C)c1cc(F)ccc1O. The lowest BCUT2D eigenvalue weighted by molar-refractivity contribution is 0.377. The molecule has 0 aliphatic heterocycles. The van der Waals surface area contributed by atoms with Crippen LogP contribution < -0.4 is 5.32 Å². The molecule has 0 saturated carbocycles. The van der Waals surface area contributed by atoms with Crippen LogP contribution in [-0.2, 0) is 0 Å². The van der Waals surface area contributed by atoms with E-state index in [2.05, 4.69) is 26.1 Å². The molecular weight excluding hydrogens is 229 g/mol. The van der Waals surface area contributed by atoms with Crippen molar-refractivity contribution in [2.75, 3.05) is 0 Å². The number of aromatic hydroxyl groups is 1. The molecule has 2 N–H and O–H groups in total. The van der Waals surface area contributed by atoms with Crippen LogP contribution in [0.1, 0.15) is 52.1 Å². The maximum absolute atomic E-state index is 13.2. The van der Waals surface area contributed by atoms with Gasteiger partial charge in [0.25, 0.3) is 0 Å². The summed E-state index contributed by atoms with van der Waals surface area (Å²) in [5.41, 5.74) is 0.617. The Morgan fingerprint density at radius 1 is 1.28 bits per heavy atom. The summed E-state index contributed by atoms with van der Waals surface area (Å²) in [7, 11) is 0. The Balaban J connectivity index is 2.64. The molecule has 0 aliphatic rings. The zero-order valence-electron chi connectivity index (χ0n) is 11.7. The van der Waals surface area contributed by atoms with Crippen LogP contribution in [-0.4, -0.2) is 11.1 Å². The molecule has 2 nitrogen and oxygen atoms in total. The first-order valence-corrected chi connectivity index (χ1v) is 6.68. The lowest BCUT2D eigenvalue weighted by Gasteiger charge is -2.23. The largest absolute Gasteiger partial charge is 0.508 e. The summed E-state index contributed by atoms with van der Waals surface area (Å²) in [6, 6.07) is 4.36. The first-order valence-electron chi connectivity index (χ1n) is 6.68. The molecule has 0 aliphatic carbocycles. The molecule has 0 amide bonds. The van der Waals surface area contributed by atoms with Crippen molar-refractivity contribution >= 4 is 0 Å². The van der Waals surface area contributed by atoms with Crippen molar-refractivity contribution in [1.82, 2.24) is 5.32 Å². The van der Waals surface area contributed by atoms with Crippen LogP contribution in [0, 0.1) is 11.7 Å². The second kappa shape index (κ2) is 6.74. The first kappa shape index (κ1) is 15.0. The van der Waals surface area contributed by atoms with Gasteiger partial charge in [-0.15, -0.1) is 0 Å². The molecule has 18 heavy (non-hydrogen) atoms. The summed E-state index contributed by atoms with van der Waals surface area (Å²) in [5, 5.41) is 13.1. The fraction of sp³-hybridized carbons (Fsp3) is 0.600. The smallest absolute Gasteiger partial charge is 0.123 e. The molecule has 3 unspecified atom stereocenters. The third kappa shape index (κ3) is 4.30. The fourth-order valence-electron chi connectivity index (χ4n) is 2.23. The monoisotopic (exact) mass is 253 g/mol. The van der Waals surface area contributed by atoms with Crippen LogP contribution in [0.2, 0.25) is 0 Å². The molecule has 0 radical (unpaired) electrons. The number of rotatable bonds is 6. The average molecular weight is 253 g/mol. The topological polar surface area (TPSA) is 32.3 Å². The molecule has 0 fully saturated rings. The van der Waals surface area contributed by atoms with Crippen molar-refractivity contribution in [3.63, 3.8) is 0 Å². The van der Waals surface area contributed by atoms with Crippen molar-refractivity contribution in [3.8, 4) is 5.75 Å². The zero-order chi connectivity index (χ0) is 13.7. The van der Waals surface area contributed by atoms with Crippen LogP contribution in [0.5, 0.6) is 5.75 Å². The molecule has 0 spiro atoms. The summed E-state index contributed by atoms with van der Waals surface area (Å²) in [6.07, 6.45) is 2.24. The summed E-state index contributed by atoms with van der Waals surface area (Å²) in [4.78, 5) is 0. The van der Waals surface area contributed by atoms with Crippen molar-refractivity contribution in [2.24, 2.45) is 5.92 Å². The van der Waals surface area contributed by atoms with Gasteiger partial charge in [0.15, 0.2) is 0 Å². The fourth-order valence-corrected chi connectivity index (χ4v) is 2.23. The van der Waals surface area contributed by atoms with Crippen molar-refractivity contribution in [1.29, 1.82) is 0 Å². The van der Waals surface area contributed by atoms with Crippen molar-refractivity contribution < 1.29 is 9.50 Å². The van der Waals surface area contributed by atoms with Crippen LogP contribution >= 0.6 is 0 Å². The van der Waals surface area contributed by atoms with Gasteiger partial charge >= 0.3 is 0 Å². The summed E-state index contributed by atoms with van der Waals surface area (Å²) in [5.74, 6) is 0.499. The highest BCUT2D eigenvalue weighted by Gasteiger charge is 2.15. The van der Waals surface area contributed by atoms with E-state index in [1.54, 1.807) is 0 Å². The van der Waals surface area contributed by atoms with Gasteiger partial charge in [-0.25, -0.2) is 4.39 Å². The minimum atomic E-state index is -0.314. The molecule has 3 heteroatoms. The summed E-state index contributed by atoms with van der Waals surface area (Å²) < 4.78 is 13.2. The number of hydrogen-bond donors (Lipinski definition) is 2. The highest BCUT2D eigenvalue weighted by atomic mass is 19.1. The molecule has 102 valence electrons. The highest BCUT2D eigenvalue weighted by Crippen LogP contribution is 2.25. The van der Waals surface area contributed by atoms with Crippen LogP contribution in [0.15, 0.2) is 18.2 Å². The molecule has 0 saturated heterocycles. The van der Waals surface area contributed by atoms with Crippen LogP contribution in [0.4, 0.5) is 4.39 Å². The van der Waals surface area contributed by atoms with Gasteiger partial charge < -0.3 is 10.4 Å². The molecule has 0 aromatic heterocycles. The Morgan fingerprint density at radius 3 is 2.56 bits per heavy atom. The van der Waals surface area contributed by atoms with E-state index in [0.29, 0.717) is 17.5 Å². The van der Waals surface area contributed by atoms with Crippen molar-refractivity contribution in [3.05, 3.63) is 29.6 Å². The van der Waals surface area contributed by atoms with Crippen LogP contribution in [0.25, 0.3) is 0 Å². The second-order valence-electron chi connectivity index (χ2n) is 5.24. The minimum absolute atomic E-state index is 0.0558. The van der Waals surface area contributed by atoms with E-state index in [-0.39, 0.29) is 17.6 Å². The molecule has 1 aromatic rings. The first-order chi connectivity index (χ1) is 8.43. The number of phenolic OH excluding ortho intramolecular Hbond substituents is 1. The van der Waals surface area contributed by atoms with Gasteiger partial charge in [-0.2, -0.15) is 0 Å². The number of phenols is 1. The molecule has 0 heterocycles. The minimum Gasteiger partial charge on any atom is -0.508 e. The van der Waals surface area contributed by atoms with E-state index in [4.69, 9.17) is 0 Å². The normalized spacial score (nSPS) is 16.3. The van der Waals surface area contributed by atoms with Gasteiger partial charge in [-0.05, 0) is 44.4 Å². The van der Waals surface area contributed by atoms with E-state index >= 15 is 0 Å². The molecular formula is C15H24FNO. The van der Waals surface area contributed by atoms with E-state index in [1.807, 2.05) is 6.92 Å². The Kier molecular flexibility index (Phi) is 5.60. The molecule has 0 bridgehead atoms. The summed E-state index contributed by atoms with van der Waals surface area (Å²) in [6.45, 7) is 8.47. The Hall–Kier alpha value is -1.09. The lowest BCUT2D eigenvalue weighted by Crippen LogP contribution is -2.30. The van der Waals surface area contributed by atoms with Gasteiger partial charge in [0.1, 0.15) is 11.6 Å². The second-order valence-corrected chi connectivity index (χ2v) is 5.24.